The van der Waals surface area contributed by atoms with Gasteiger partial charge in [-0.2, -0.15) is 0 Å². The Labute approximate surface area is 162 Å². The van der Waals surface area contributed by atoms with Crippen molar-refractivity contribution in [2.45, 2.75) is 44.8 Å². The second-order valence-corrected chi connectivity index (χ2v) is 7.84. The van der Waals surface area contributed by atoms with Gasteiger partial charge in [0.1, 0.15) is 6.04 Å². The number of rotatable bonds is 6. The van der Waals surface area contributed by atoms with Crippen molar-refractivity contribution in [2.24, 2.45) is 0 Å². The molecule has 0 aliphatic carbocycles. The van der Waals surface area contributed by atoms with Crippen LogP contribution in [0.3, 0.4) is 0 Å². The number of amides is 1. The third-order valence-corrected chi connectivity index (χ3v) is 6.15. The van der Waals surface area contributed by atoms with E-state index in [-0.39, 0.29) is 18.1 Å². The standard InChI is InChI=1S/C20H23N3O3S/c1-13-21-22-20(26-13)17-10-15(25-2)11-23(17)19(24)9-5-6-14-12-27-18-8-4-3-7-16(14)18/h3-4,7-8,12,15,17H,5-6,9-11H2,1-2H3/t15-,17-/m1/s1. The van der Waals surface area contributed by atoms with E-state index in [1.807, 2.05) is 4.90 Å². The lowest BCUT2D eigenvalue weighted by molar-refractivity contribution is -0.133. The van der Waals surface area contributed by atoms with Crippen LogP contribution in [-0.4, -0.2) is 40.8 Å². The van der Waals surface area contributed by atoms with Crippen molar-refractivity contribution in [2.75, 3.05) is 13.7 Å². The number of aromatic nitrogens is 2. The van der Waals surface area contributed by atoms with Crippen molar-refractivity contribution in [3.05, 3.63) is 47.0 Å². The molecule has 2 atom stereocenters. The Morgan fingerprint density at radius 3 is 3.00 bits per heavy atom. The summed E-state index contributed by atoms with van der Waals surface area (Å²) in [7, 11) is 1.68. The summed E-state index contributed by atoms with van der Waals surface area (Å²) in [4.78, 5) is 14.7. The van der Waals surface area contributed by atoms with Gasteiger partial charge in [0.15, 0.2) is 0 Å². The summed E-state index contributed by atoms with van der Waals surface area (Å²) >= 11 is 1.76. The van der Waals surface area contributed by atoms with E-state index >= 15 is 0 Å². The molecule has 1 amide bonds. The minimum absolute atomic E-state index is 0.00646. The lowest BCUT2D eigenvalue weighted by atomic mass is 10.1. The van der Waals surface area contributed by atoms with Crippen molar-refractivity contribution in [3.63, 3.8) is 0 Å². The fraction of sp³-hybridized carbons (Fsp3) is 0.450. The Morgan fingerprint density at radius 2 is 2.22 bits per heavy atom. The molecule has 6 nitrogen and oxygen atoms in total. The molecule has 1 aliphatic rings. The minimum atomic E-state index is -0.189. The van der Waals surface area contributed by atoms with Gasteiger partial charge < -0.3 is 14.1 Å². The second kappa shape index (κ2) is 7.78. The quantitative estimate of drug-likeness (QED) is 0.644. The molecule has 0 radical (unpaired) electrons. The maximum Gasteiger partial charge on any atom is 0.239 e. The predicted molar refractivity (Wildman–Crippen MR) is 104 cm³/mol. The molecular formula is C20H23N3O3S. The topological polar surface area (TPSA) is 68.5 Å². The summed E-state index contributed by atoms with van der Waals surface area (Å²) in [6, 6.07) is 8.23. The molecule has 0 saturated carbocycles. The molecule has 142 valence electrons. The van der Waals surface area contributed by atoms with Gasteiger partial charge in [-0.3, -0.25) is 4.79 Å². The Bertz CT molecular complexity index is 935. The fourth-order valence-electron chi connectivity index (χ4n) is 3.72. The van der Waals surface area contributed by atoms with Crippen LogP contribution in [0.25, 0.3) is 10.1 Å². The zero-order chi connectivity index (χ0) is 18.8. The maximum absolute atomic E-state index is 12.9. The molecular weight excluding hydrogens is 362 g/mol. The number of carbonyl (C=O) groups is 1. The van der Waals surface area contributed by atoms with Gasteiger partial charge in [-0.25, -0.2) is 0 Å². The van der Waals surface area contributed by atoms with Crippen molar-refractivity contribution >= 4 is 27.3 Å². The molecule has 1 fully saturated rings. The van der Waals surface area contributed by atoms with Gasteiger partial charge >= 0.3 is 0 Å². The summed E-state index contributed by atoms with van der Waals surface area (Å²) in [5, 5.41) is 11.5. The highest BCUT2D eigenvalue weighted by atomic mass is 32.1. The summed E-state index contributed by atoms with van der Waals surface area (Å²) < 4.78 is 12.4. The van der Waals surface area contributed by atoms with E-state index in [1.165, 1.54) is 15.6 Å². The number of carbonyl (C=O) groups excluding carboxylic acids is 1. The number of thiophene rings is 1. The monoisotopic (exact) mass is 385 g/mol. The van der Waals surface area contributed by atoms with Crippen molar-refractivity contribution < 1.29 is 13.9 Å². The number of hydrogen-bond acceptors (Lipinski definition) is 6. The highest BCUT2D eigenvalue weighted by molar-refractivity contribution is 7.17. The van der Waals surface area contributed by atoms with Crippen LogP contribution in [0.15, 0.2) is 34.1 Å². The molecule has 1 saturated heterocycles. The van der Waals surface area contributed by atoms with E-state index in [0.717, 1.165) is 12.8 Å². The molecule has 4 rings (SSSR count). The Kier molecular flexibility index (Phi) is 5.22. The zero-order valence-electron chi connectivity index (χ0n) is 15.6. The van der Waals surface area contributed by atoms with E-state index in [0.29, 0.717) is 31.2 Å². The third kappa shape index (κ3) is 3.75. The summed E-state index contributed by atoms with van der Waals surface area (Å²) in [6.07, 6.45) is 2.93. The van der Waals surface area contributed by atoms with Crippen molar-refractivity contribution in [3.8, 4) is 0 Å². The van der Waals surface area contributed by atoms with Crippen molar-refractivity contribution in [1.82, 2.24) is 15.1 Å². The summed E-state index contributed by atoms with van der Waals surface area (Å²) in [6.45, 7) is 2.33. The van der Waals surface area contributed by atoms with Gasteiger partial charge in [0.2, 0.25) is 17.7 Å². The van der Waals surface area contributed by atoms with Crippen LogP contribution in [-0.2, 0) is 16.0 Å². The number of aryl methyl sites for hydroxylation is 2. The molecule has 0 N–H and O–H groups in total. The first-order valence-corrected chi connectivity index (χ1v) is 10.1. The smallest absolute Gasteiger partial charge is 0.239 e. The Morgan fingerprint density at radius 1 is 1.37 bits per heavy atom. The SMILES string of the molecule is CO[C@@H]1C[C@H](c2nnc(C)o2)N(C(=O)CCCc2csc3ccccc23)C1. The van der Waals surface area contributed by atoms with Gasteiger partial charge in [-0.1, -0.05) is 18.2 Å². The fourth-order valence-corrected chi connectivity index (χ4v) is 4.72. The van der Waals surface area contributed by atoms with Gasteiger partial charge in [0, 0.05) is 38.1 Å². The first-order chi connectivity index (χ1) is 13.2. The van der Waals surface area contributed by atoms with Gasteiger partial charge in [-0.05, 0) is 35.2 Å². The first-order valence-electron chi connectivity index (χ1n) is 9.23. The Balaban J connectivity index is 1.40. The predicted octanol–water partition coefficient (Wildman–Crippen LogP) is 3.90. The number of fused-ring (bicyclic) bond motifs is 1. The average Bonchev–Trinajstić information content (AvgIpc) is 3.39. The lowest BCUT2D eigenvalue weighted by Gasteiger charge is -2.21. The van der Waals surface area contributed by atoms with Crippen LogP contribution in [0.4, 0.5) is 0 Å². The van der Waals surface area contributed by atoms with E-state index in [1.54, 1.807) is 25.4 Å². The van der Waals surface area contributed by atoms with E-state index in [9.17, 15) is 4.79 Å². The van der Waals surface area contributed by atoms with Crippen LogP contribution in [0.1, 0.15) is 42.6 Å². The Hall–Kier alpha value is -2.25. The van der Waals surface area contributed by atoms with Crippen molar-refractivity contribution in [1.29, 1.82) is 0 Å². The van der Waals surface area contributed by atoms with Crippen LogP contribution in [0.5, 0.6) is 0 Å². The molecule has 0 bridgehead atoms. The zero-order valence-corrected chi connectivity index (χ0v) is 16.4. The molecule has 1 aromatic carbocycles. The normalized spacial score (nSPS) is 19.9. The highest BCUT2D eigenvalue weighted by Crippen LogP contribution is 2.33. The summed E-state index contributed by atoms with van der Waals surface area (Å²) in [5.74, 6) is 1.14. The second-order valence-electron chi connectivity index (χ2n) is 6.93. The van der Waals surface area contributed by atoms with Gasteiger partial charge in [-0.15, -0.1) is 21.5 Å². The molecule has 2 aromatic heterocycles. The third-order valence-electron chi connectivity index (χ3n) is 5.14. The van der Waals surface area contributed by atoms with Crippen LogP contribution in [0, 0.1) is 6.92 Å². The van der Waals surface area contributed by atoms with Gasteiger partial charge in [0.05, 0.1) is 6.10 Å². The van der Waals surface area contributed by atoms with Crippen LogP contribution >= 0.6 is 11.3 Å². The largest absolute Gasteiger partial charge is 0.423 e. The van der Waals surface area contributed by atoms with E-state index < -0.39 is 0 Å². The first kappa shape index (κ1) is 18.1. The minimum Gasteiger partial charge on any atom is -0.423 e. The van der Waals surface area contributed by atoms with E-state index in [4.69, 9.17) is 9.15 Å². The van der Waals surface area contributed by atoms with Gasteiger partial charge in [0.25, 0.3) is 0 Å². The molecule has 3 heterocycles. The number of hydrogen-bond donors (Lipinski definition) is 0. The number of ether oxygens (including phenoxy) is 1. The number of methoxy groups -OCH3 is 1. The molecule has 0 unspecified atom stereocenters. The molecule has 1 aliphatic heterocycles. The van der Waals surface area contributed by atoms with Crippen LogP contribution < -0.4 is 0 Å². The lowest BCUT2D eigenvalue weighted by Crippen LogP contribution is -2.32. The molecule has 27 heavy (non-hydrogen) atoms. The number of benzene rings is 1. The maximum atomic E-state index is 12.9. The van der Waals surface area contributed by atoms with E-state index in [2.05, 4.69) is 39.8 Å². The van der Waals surface area contributed by atoms with Crippen LogP contribution in [0.2, 0.25) is 0 Å². The molecule has 0 spiro atoms. The number of likely N-dealkylation sites (tertiary alicyclic amines) is 1. The number of nitrogens with zero attached hydrogens (tertiary/aromatic N) is 3. The molecule has 3 aromatic rings. The highest BCUT2D eigenvalue weighted by Gasteiger charge is 2.39. The summed E-state index contributed by atoms with van der Waals surface area (Å²) in [5.41, 5.74) is 1.32. The average molecular weight is 385 g/mol. The molecule has 7 heteroatoms.